The van der Waals surface area contributed by atoms with Crippen LogP contribution in [0.4, 0.5) is 0 Å². The third kappa shape index (κ3) is 3.64. The minimum Gasteiger partial charge on any atom is -0.454 e. The van der Waals surface area contributed by atoms with E-state index >= 15 is 0 Å². The van der Waals surface area contributed by atoms with Crippen molar-refractivity contribution in [2.45, 2.75) is 49.7 Å². The standard InChI is InChI=1S/C16H21NO3S/c1-11(21-13-4-2-3-5-13)16(18)17-9-12-6-7-14-15(8-12)20-10-19-14/h6-8,11,13H,2-5,9-10H2,1H3,(H,17,18). The number of carbonyl (C=O) groups excluding carboxylic acids is 1. The molecule has 1 N–H and O–H groups in total. The fourth-order valence-corrected chi connectivity index (χ4v) is 4.15. The Morgan fingerprint density at radius 1 is 1.33 bits per heavy atom. The minimum atomic E-state index is 0.0158. The van der Waals surface area contributed by atoms with Gasteiger partial charge in [-0.05, 0) is 37.5 Å². The van der Waals surface area contributed by atoms with Gasteiger partial charge in [-0.1, -0.05) is 18.9 Å². The molecule has 1 aliphatic heterocycles. The van der Waals surface area contributed by atoms with Gasteiger partial charge in [0, 0.05) is 11.8 Å². The lowest BCUT2D eigenvalue weighted by atomic mass is 10.2. The Kier molecular flexibility index (Phi) is 4.58. The van der Waals surface area contributed by atoms with E-state index in [2.05, 4.69) is 5.32 Å². The van der Waals surface area contributed by atoms with E-state index < -0.39 is 0 Å². The molecule has 1 unspecified atom stereocenters. The van der Waals surface area contributed by atoms with E-state index in [9.17, 15) is 4.79 Å². The summed E-state index contributed by atoms with van der Waals surface area (Å²) in [6.45, 7) is 2.81. The van der Waals surface area contributed by atoms with Gasteiger partial charge in [0.25, 0.3) is 0 Å². The molecule has 1 fully saturated rings. The summed E-state index contributed by atoms with van der Waals surface area (Å²) in [5, 5.41) is 3.69. The van der Waals surface area contributed by atoms with Gasteiger partial charge in [0.05, 0.1) is 5.25 Å². The van der Waals surface area contributed by atoms with Crippen molar-refractivity contribution in [2.24, 2.45) is 0 Å². The number of benzene rings is 1. The lowest BCUT2D eigenvalue weighted by Crippen LogP contribution is -2.31. The summed E-state index contributed by atoms with van der Waals surface area (Å²) >= 11 is 1.81. The van der Waals surface area contributed by atoms with E-state index in [-0.39, 0.29) is 18.0 Å². The molecule has 1 aliphatic carbocycles. The highest BCUT2D eigenvalue weighted by molar-refractivity contribution is 8.01. The number of fused-ring (bicyclic) bond motifs is 1. The summed E-state index contributed by atoms with van der Waals surface area (Å²) in [7, 11) is 0. The zero-order valence-electron chi connectivity index (χ0n) is 12.3. The highest BCUT2D eigenvalue weighted by Crippen LogP contribution is 2.33. The highest BCUT2D eigenvalue weighted by Gasteiger charge is 2.22. The maximum atomic E-state index is 12.1. The Morgan fingerprint density at radius 2 is 2.10 bits per heavy atom. The molecule has 1 saturated carbocycles. The van der Waals surface area contributed by atoms with Crippen molar-refractivity contribution in [1.82, 2.24) is 5.32 Å². The normalized spacial score (nSPS) is 18.7. The molecule has 21 heavy (non-hydrogen) atoms. The molecule has 1 amide bonds. The molecule has 0 spiro atoms. The highest BCUT2D eigenvalue weighted by atomic mass is 32.2. The van der Waals surface area contributed by atoms with Gasteiger partial charge >= 0.3 is 0 Å². The molecule has 114 valence electrons. The molecule has 0 bridgehead atoms. The number of rotatable bonds is 5. The molecule has 0 aromatic heterocycles. The average molecular weight is 307 g/mol. The molecule has 0 radical (unpaired) electrons. The zero-order chi connectivity index (χ0) is 14.7. The van der Waals surface area contributed by atoms with Crippen LogP contribution in [0.3, 0.4) is 0 Å². The van der Waals surface area contributed by atoms with Gasteiger partial charge in [0.15, 0.2) is 11.5 Å². The molecule has 1 aromatic carbocycles. The summed E-state index contributed by atoms with van der Waals surface area (Å²) in [5.74, 6) is 1.65. The van der Waals surface area contributed by atoms with E-state index in [1.54, 1.807) is 0 Å². The number of hydrogen-bond donors (Lipinski definition) is 1. The summed E-state index contributed by atoms with van der Waals surface area (Å²) in [5.41, 5.74) is 1.03. The number of amides is 1. The van der Waals surface area contributed by atoms with Crippen LogP contribution in [-0.2, 0) is 11.3 Å². The van der Waals surface area contributed by atoms with E-state index in [1.807, 2.05) is 36.9 Å². The molecular weight excluding hydrogens is 286 g/mol. The SMILES string of the molecule is CC(SC1CCCC1)C(=O)NCc1ccc2c(c1)OCO2. The predicted molar refractivity (Wildman–Crippen MR) is 83.7 cm³/mol. The van der Waals surface area contributed by atoms with Gasteiger partial charge in [-0.15, -0.1) is 11.8 Å². The topological polar surface area (TPSA) is 47.6 Å². The zero-order valence-corrected chi connectivity index (χ0v) is 13.1. The molecule has 2 aliphatic rings. The monoisotopic (exact) mass is 307 g/mol. The second kappa shape index (κ2) is 6.60. The van der Waals surface area contributed by atoms with Crippen LogP contribution in [-0.4, -0.2) is 23.2 Å². The third-order valence-electron chi connectivity index (χ3n) is 3.97. The first kappa shape index (κ1) is 14.6. The Morgan fingerprint density at radius 3 is 2.90 bits per heavy atom. The van der Waals surface area contributed by atoms with Crippen LogP contribution in [0, 0.1) is 0 Å². The van der Waals surface area contributed by atoms with Crippen LogP contribution in [0.1, 0.15) is 38.2 Å². The Bertz CT molecular complexity index is 514. The van der Waals surface area contributed by atoms with Crippen LogP contribution in [0.5, 0.6) is 11.5 Å². The van der Waals surface area contributed by atoms with Crippen molar-refractivity contribution in [1.29, 1.82) is 0 Å². The van der Waals surface area contributed by atoms with E-state index in [1.165, 1.54) is 25.7 Å². The molecule has 1 atom stereocenters. The Labute approximate surface area is 129 Å². The maximum absolute atomic E-state index is 12.1. The molecule has 1 aromatic rings. The van der Waals surface area contributed by atoms with Crippen LogP contribution < -0.4 is 14.8 Å². The van der Waals surface area contributed by atoms with Crippen molar-refractivity contribution < 1.29 is 14.3 Å². The first-order chi connectivity index (χ1) is 10.2. The van der Waals surface area contributed by atoms with Gasteiger partial charge in [-0.25, -0.2) is 0 Å². The Hall–Kier alpha value is -1.36. The minimum absolute atomic E-state index is 0.0158. The number of nitrogens with one attached hydrogen (secondary N) is 1. The first-order valence-electron chi connectivity index (χ1n) is 7.54. The average Bonchev–Trinajstić information content (AvgIpc) is 3.14. The van der Waals surface area contributed by atoms with Crippen molar-refractivity contribution in [3.63, 3.8) is 0 Å². The van der Waals surface area contributed by atoms with Gasteiger partial charge in [-0.2, -0.15) is 0 Å². The predicted octanol–water partition coefficient (Wildman–Crippen LogP) is 3.10. The fraction of sp³-hybridized carbons (Fsp3) is 0.562. The number of carbonyl (C=O) groups is 1. The van der Waals surface area contributed by atoms with Crippen LogP contribution >= 0.6 is 11.8 Å². The summed E-state index contributed by atoms with van der Waals surface area (Å²) in [6.07, 6.45) is 5.13. The van der Waals surface area contributed by atoms with Crippen LogP contribution in [0.25, 0.3) is 0 Å². The molecular formula is C16H21NO3S. The number of ether oxygens (including phenoxy) is 2. The van der Waals surface area contributed by atoms with Gasteiger partial charge in [-0.3, -0.25) is 4.79 Å². The van der Waals surface area contributed by atoms with Crippen molar-refractivity contribution in [2.75, 3.05) is 6.79 Å². The summed E-state index contributed by atoms with van der Waals surface area (Å²) < 4.78 is 10.6. The fourth-order valence-electron chi connectivity index (χ4n) is 2.76. The van der Waals surface area contributed by atoms with Crippen molar-refractivity contribution >= 4 is 17.7 Å². The third-order valence-corrected chi connectivity index (χ3v) is 5.45. The quantitative estimate of drug-likeness (QED) is 0.908. The molecule has 1 heterocycles. The molecule has 4 nitrogen and oxygen atoms in total. The first-order valence-corrected chi connectivity index (χ1v) is 8.48. The van der Waals surface area contributed by atoms with Crippen LogP contribution in [0.15, 0.2) is 18.2 Å². The number of thioether (sulfide) groups is 1. The van der Waals surface area contributed by atoms with Crippen molar-refractivity contribution in [3.8, 4) is 11.5 Å². The van der Waals surface area contributed by atoms with Gasteiger partial charge in [0.1, 0.15) is 0 Å². The molecule has 3 rings (SSSR count). The van der Waals surface area contributed by atoms with E-state index in [0.717, 1.165) is 17.1 Å². The Balaban J connectivity index is 1.48. The summed E-state index contributed by atoms with van der Waals surface area (Å²) in [6, 6.07) is 5.78. The van der Waals surface area contributed by atoms with Gasteiger partial charge in [0.2, 0.25) is 12.7 Å². The lowest BCUT2D eigenvalue weighted by molar-refractivity contribution is -0.120. The molecule has 0 saturated heterocycles. The van der Waals surface area contributed by atoms with Crippen LogP contribution in [0.2, 0.25) is 0 Å². The lowest BCUT2D eigenvalue weighted by Gasteiger charge is -2.16. The maximum Gasteiger partial charge on any atom is 0.233 e. The second-order valence-electron chi connectivity index (χ2n) is 5.59. The second-order valence-corrected chi connectivity index (χ2v) is 7.24. The largest absolute Gasteiger partial charge is 0.454 e. The molecule has 5 heteroatoms. The van der Waals surface area contributed by atoms with E-state index in [4.69, 9.17) is 9.47 Å². The van der Waals surface area contributed by atoms with E-state index in [0.29, 0.717) is 11.8 Å². The van der Waals surface area contributed by atoms with Gasteiger partial charge < -0.3 is 14.8 Å². The smallest absolute Gasteiger partial charge is 0.233 e. The van der Waals surface area contributed by atoms with Crippen molar-refractivity contribution in [3.05, 3.63) is 23.8 Å². The summed E-state index contributed by atoms with van der Waals surface area (Å²) in [4.78, 5) is 12.1. The number of hydrogen-bond acceptors (Lipinski definition) is 4.